The smallest absolute Gasteiger partial charge is 0.244 e. The van der Waals surface area contributed by atoms with Crippen LogP contribution in [0.3, 0.4) is 0 Å². The molecule has 1 atom stereocenters. The Hall–Kier alpha value is -1.40. The van der Waals surface area contributed by atoms with E-state index in [9.17, 15) is 4.79 Å². The lowest BCUT2D eigenvalue weighted by molar-refractivity contribution is -0.136. The predicted molar refractivity (Wildman–Crippen MR) is 85.4 cm³/mol. The van der Waals surface area contributed by atoms with Crippen LogP contribution in [0.25, 0.3) is 0 Å². The number of nitrogens with one attached hydrogen (secondary N) is 1. The largest absolute Gasteiger partial charge is 0.378 e. The number of hydrogen-bond donors (Lipinski definition) is 1. The molecule has 1 N–H and O–H groups in total. The minimum Gasteiger partial charge on any atom is -0.378 e. The van der Waals surface area contributed by atoms with Crippen molar-refractivity contribution in [2.75, 3.05) is 26.7 Å². The van der Waals surface area contributed by atoms with Crippen molar-refractivity contribution in [3.63, 3.8) is 0 Å². The fourth-order valence-electron chi connectivity index (χ4n) is 2.78. The van der Waals surface area contributed by atoms with Crippen LogP contribution < -0.4 is 5.32 Å². The number of carbonyl (C=O) groups is 1. The molecule has 0 saturated carbocycles. The average Bonchev–Trinajstić information content (AvgIpc) is 2.92. The quantitative estimate of drug-likeness (QED) is 0.862. The summed E-state index contributed by atoms with van der Waals surface area (Å²) in [6, 6.07) is -0.318. The third-order valence-electron chi connectivity index (χ3n) is 4.01. The van der Waals surface area contributed by atoms with Gasteiger partial charge >= 0.3 is 0 Å². The van der Waals surface area contributed by atoms with Gasteiger partial charge in [0.05, 0.1) is 12.3 Å². The van der Waals surface area contributed by atoms with Crippen molar-refractivity contribution in [2.24, 2.45) is 13.0 Å². The van der Waals surface area contributed by atoms with Gasteiger partial charge in [-0.1, -0.05) is 13.8 Å². The van der Waals surface area contributed by atoms with E-state index in [4.69, 9.17) is 4.74 Å². The van der Waals surface area contributed by atoms with Crippen LogP contribution in [0.2, 0.25) is 0 Å². The molecule has 0 radical (unpaired) electrons. The molecule has 1 aromatic rings. The summed E-state index contributed by atoms with van der Waals surface area (Å²) in [5.74, 6) is 0.678. The van der Waals surface area contributed by atoms with E-state index in [1.54, 1.807) is 10.9 Å². The van der Waals surface area contributed by atoms with Crippen molar-refractivity contribution in [1.29, 1.82) is 0 Å². The molecular weight excluding hydrogens is 280 g/mol. The van der Waals surface area contributed by atoms with Crippen molar-refractivity contribution in [3.8, 4) is 0 Å². The van der Waals surface area contributed by atoms with Gasteiger partial charge in [0.25, 0.3) is 0 Å². The first kappa shape index (κ1) is 17.0. The monoisotopic (exact) mass is 308 g/mol. The molecule has 2 heterocycles. The molecule has 1 amide bonds. The average molecular weight is 308 g/mol. The van der Waals surface area contributed by atoms with Crippen molar-refractivity contribution in [2.45, 2.75) is 38.8 Å². The number of piperidine rings is 1. The Morgan fingerprint density at radius 1 is 1.45 bits per heavy atom. The van der Waals surface area contributed by atoms with E-state index in [0.29, 0.717) is 5.92 Å². The number of aryl methyl sites for hydroxylation is 1. The molecular formula is C16H28N4O2. The van der Waals surface area contributed by atoms with Gasteiger partial charge in [0.1, 0.15) is 6.04 Å². The van der Waals surface area contributed by atoms with Crippen LogP contribution in [0, 0.1) is 5.92 Å². The van der Waals surface area contributed by atoms with Gasteiger partial charge in [0, 0.05) is 38.5 Å². The predicted octanol–water partition coefficient (Wildman–Crippen LogP) is 1.34. The van der Waals surface area contributed by atoms with E-state index in [1.807, 2.05) is 25.2 Å². The summed E-state index contributed by atoms with van der Waals surface area (Å²) in [5.41, 5.74) is 0.910. The summed E-state index contributed by atoms with van der Waals surface area (Å²) in [5, 5.41) is 7.26. The summed E-state index contributed by atoms with van der Waals surface area (Å²) in [6.45, 7) is 6.64. The van der Waals surface area contributed by atoms with Crippen molar-refractivity contribution >= 4 is 5.91 Å². The minimum atomic E-state index is -0.318. The van der Waals surface area contributed by atoms with Crippen molar-refractivity contribution in [1.82, 2.24) is 20.0 Å². The van der Waals surface area contributed by atoms with Crippen molar-refractivity contribution in [3.05, 3.63) is 18.0 Å². The third kappa shape index (κ3) is 4.30. The topological polar surface area (TPSA) is 59.4 Å². The van der Waals surface area contributed by atoms with Crippen LogP contribution in [0.5, 0.6) is 0 Å². The molecule has 6 nitrogen and oxygen atoms in total. The summed E-state index contributed by atoms with van der Waals surface area (Å²) in [6.07, 6.45) is 5.76. The standard InChI is InChI=1S/C16H28N4O2/c1-12(2)11-22-14-5-7-20(8-6-14)16(21)15(17-3)13-9-18-19(4)10-13/h9-10,12,14-15,17H,5-8,11H2,1-4H3. The van der Waals surface area contributed by atoms with Crippen LogP contribution >= 0.6 is 0 Å². The van der Waals surface area contributed by atoms with Crippen LogP contribution in [-0.2, 0) is 16.6 Å². The zero-order chi connectivity index (χ0) is 16.1. The highest BCUT2D eigenvalue weighted by Crippen LogP contribution is 2.20. The first-order valence-corrected chi connectivity index (χ1v) is 8.07. The van der Waals surface area contributed by atoms with Gasteiger partial charge in [-0.25, -0.2) is 0 Å². The molecule has 1 aromatic heterocycles. The number of nitrogens with zero attached hydrogens (tertiary/aromatic N) is 3. The molecule has 1 fully saturated rings. The second kappa shape index (κ2) is 7.74. The Bertz CT molecular complexity index is 478. The van der Waals surface area contributed by atoms with Gasteiger partial charge in [0.2, 0.25) is 5.91 Å². The Balaban J connectivity index is 1.88. The number of carbonyl (C=O) groups excluding carboxylic acids is 1. The Morgan fingerprint density at radius 3 is 2.64 bits per heavy atom. The molecule has 1 unspecified atom stereocenters. The second-order valence-electron chi connectivity index (χ2n) is 6.42. The van der Waals surface area contributed by atoms with Crippen molar-refractivity contribution < 1.29 is 9.53 Å². The zero-order valence-corrected chi connectivity index (χ0v) is 14.1. The number of amides is 1. The number of ether oxygens (including phenoxy) is 1. The molecule has 6 heteroatoms. The summed E-state index contributed by atoms with van der Waals surface area (Å²) in [4.78, 5) is 14.6. The molecule has 22 heavy (non-hydrogen) atoms. The molecule has 0 bridgehead atoms. The van der Waals surface area contributed by atoms with E-state index < -0.39 is 0 Å². The summed E-state index contributed by atoms with van der Waals surface area (Å²) in [7, 11) is 3.67. The first-order chi connectivity index (χ1) is 10.5. The van der Waals surface area contributed by atoms with E-state index in [0.717, 1.165) is 38.1 Å². The summed E-state index contributed by atoms with van der Waals surface area (Å²) < 4.78 is 7.60. The lowest BCUT2D eigenvalue weighted by Crippen LogP contribution is -2.45. The van der Waals surface area contributed by atoms with Crippen LogP contribution in [0.1, 0.15) is 38.3 Å². The van der Waals surface area contributed by atoms with Gasteiger partial charge in [-0.15, -0.1) is 0 Å². The number of likely N-dealkylation sites (tertiary alicyclic amines) is 1. The Kier molecular flexibility index (Phi) is 5.97. The van der Waals surface area contributed by atoms with Gasteiger partial charge < -0.3 is 15.0 Å². The number of likely N-dealkylation sites (N-methyl/N-ethyl adjacent to an activating group) is 1. The SMILES string of the molecule is CNC(C(=O)N1CCC(OCC(C)C)CC1)c1cnn(C)c1. The molecule has 0 spiro atoms. The maximum Gasteiger partial charge on any atom is 0.244 e. The van der Waals surface area contributed by atoms with Gasteiger partial charge in [-0.05, 0) is 25.8 Å². The van der Waals surface area contributed by atoms with E-state index in [1.165, 1.54) is 0 Å². The molecule has 2 rings (SSSR count). The molecule has 0 aliphatic carbocycles. The van der Waals surface area contributed by atoms with Crippen LogP contribution in [-0.4, -0.2) is 53.4 Å². The minimum absolute atomic E-state index is 0.123. The molecule has 1 aliphatic rings. The number of rotatable bonds is 6. The molecule has 1 aliphatic heterocycles. The maximum atomic E-state index is 12.7. The molecule has 1 saturated heterocycles. The number of aromatic nitrogens is 2. The lowest BCUT2D eigenvalue weighted by Gasteiger charge is -2.34. The first-order valence-electron chi connectivity index (χ1n) is 8.07. The van der Waals surface area contributed by atoms with E-state index in [2.05, 4.69) is 24.3 Å². The van der Waals surface area contributed by atoms with Crippen LogP contribution in [0.15, 0.2) is 12.4 Å². The van der Waals surface area contributed by atoms with Gasteiger partial charge in [-0.3, -0.25) is 9.48 Å². The highest BCUT2D eigenvalue weighted by molar-refractivity contribution is 5.83. The normalized spacial score (nSPS) is 18.0. The van der Waals surface area contributed by atoms with E-state index >= 15 is 0 Å². The van der Waals surface area contributed by atoms with Gasteiger partial charge in [-0.2, -0.15) is 5.10 Å². The fourth-order valence-corrected chi connectivity index (χ4v) is 2.78. The Morgan fingerprint density at radius 2 is 2.14 bits per heavy atom. The zero-order valence-electron chi connectivity index (χ0n) is 14.1. The van der Waals surface area contributed by atoms with Gasteiger partial charge in [0.15, 0.2) is 0 Å². The fraction of sp³-hybridized carbons (Fsp3) is 0.750. The molecule has 0 aromatic carbocycles. The van der Waals surface area contributed by atoms with E-state index in [-0.39, 0.29) is 18.1 Å². The number of hydrogen-bond acceptors (Lipinski definition) is 4. The lowest BCUT2D eigenvalue weighted by atomic mass is 10.0. The molecule has 124 valence electrons. The third-order valence-corrected chi connectivity index (χ3v) is 4.01. The van der Waals surface area contributed by atoms with Crippen LogP contribution in [0.4, 0.5) is 0 Å². The second-order valence-corrected chi connectivity index (χ2v) is 6.42. The summed E-state index contributed by atoms with van der Waals surface area (Å²) >= 11 is 0. The highest BCUT2D eigenvalue weighted by atomic mass is 16.5. The maximum absolute atomic E-state index is 12.7. The highest BCUT2D eigenvalue weighted by Gasteiger charge is 2.29. The Labute approximate surface area is 132 Å².